The van der Waals surface area contributed by atoms with Crippen molar-refractivity contribution in [2.24, 2.45) is 5.73 Å². The lowest BCUT2D eigenvalue weighted by molar-refractivity contribution is 1.04. The van der Waals surface area contributed by atoms with Crippen molar-refractivity contribution in [3.63, 3.8) is 0 Å². The van der Waals surface area contributed by atoms with Gasteiger partial charge in [-0.3, -0.25) is 0 Å². The van der Waals surface area contributed by atoms with E-state index in [9.17, 15) is 0 Å². The van der Waals surface area contributed by atoms with E-state index in [-0.39, 0.29) is 0 Å². The van der Waals surface area contributed by atoms with Gasteiger partial charge in [0.25, 0.3) is 0 Å². The Balaban J connectivity index is 2.35. The molecule has 2 heterocycles. The fraction of sp³-hybridized carbons (Fsp3) is 0.125. The second-order valence-corrected chi connectivity index (χ2v) is 6.00. The van der Waals surface area contributed by atoms with E-state index in [1.807, 2.05) is 12.3 Å². The number of rotatable bonds is 2. The SMILES string of the molecule is NCc1ncc(-c2ccc(Br)s2)s1. The number of hydrogen-bond acceptors (Lipinski definition) is 4. The fourth-order valence-corrected chi connectivity index (χ4v) is 3.22. The van der Waals surface area contributed by atoms with Crippen LogP contribution in [0.4, 0.5) is 0 Å². The van der Waals surface area contributed by atoms with Crippen LogP contribution in [0.5, 0.6) is 0 Å². The van der Waals surface area contributed by atoms with Gasteiger partial charge in [-0.2, -0.15) is 0 Å². The molecular weight excluding hydrogens is 268 g/mol. The average Bonchev–Trinajstić information content (AvgIpc) is 2.71. The van der Waals surface area contributed by atoms with Crippen LogP contribution >= 0.6 is 38.6 Å². The van der Waals surface area contributed by atoms with E-state index in [0.29, 0.717) is 6.54 Å². The van der Waals surface area contributed by atoms with Crippen molar-refractivity contribution in [2.45, 2.75) is 6.54 Å². The number of halogens is 1. The van der Waals surface area contributed by atoms with Gasteiger partial charge in [0.05, 0.1) is 8.66 Å². The summed E-state index contributed by atoms with van der Waals surface area (Å²) in [5, 5.41) is 0.986. The molecule has 0 amide bonds. The molecular formula is C8H7BrN2S2. The third kappa shape index (κ3) is 1.99. The number of thiophene rings is 1. The monoisotopic (exact) mass is 274 g/mol. The summed E-state index contributed by atoms with van der Waals surface area (Å²) in [6.07, 6.45) is 1.88. The lowest BCUT2D eigenvalue weighted by Crippen LogP contribution is -1.93. The van der Waals surface area contributed by atoms with E-state index in [4.69, 9.17) is 5.73 Å². The zero-order chi connectivity index (χ0) is 9.26. The molecule has 0 aliphatic heterocycles. The minimum Gasteiger partial charge on any atom is -0.325 e. The van der Waals surface area contributed by atoms with Crippen molar-refractivity contribution < 1.29 is 0 Å². The number of nitrogens with zero attached hydrogens (tertiary/aromatic N) is 1. The number of nitrogens with two attached hydrogens (primary N) is 1. The highest BCUT2D eigenvalue weighted by Crippen LogP contribution is 2.34. The van der Waals surface area contributed by atoms with E-state index >= 15 is 0 Å². The molecule has 0 spiro atoms. The van der Waals surface area contributed by atoms with Crippen LogP contribution in [0.2, 0.25) is 0 Å². The van der Waals surface area contributed by atoms with Crippen LogP contribution in [0.3, 0.4) is 0 Å². The molecule has 0 aliphatic rings. The Morgan fingerprint density at radius 3 is 2.69 bits per heavy atom. The smallest absolute Gasteiger partial charge is 0.107 e. The maximum absolute atomic E-state index is 5.49. The van der Waals surface area contributed by atoms with Crippen LogP contribution < -0.4 is 5.73 Å². The quantitative estimate of drug-likeness (QED) is 0.914. The largest absolute Gasteiger partial charge is 0.325 e. The number of aromatic nitrogens is 1. The second-order valence-electron chi connectivity index (χ2n) is 2.43. The van der Waals surface area contributed by atoms with Crippen LogP contribution in [0.1, 0.15) is 5.01 Å². The van der Waals surface area contributed by atoms with Crippen LogP contribution in [-0.4, -0.2) is 4.98 Å². The molecule has 0 atom stereocenters. The first kappa shape index (κ1) is 9.33. The number of thiazole rings is 1. The molecule has 0 bridgehead atoms. The van der Waals surface area contributed by atoms with Crippen LogP contribution in [0.25, 0.3) is 9.75 Å². The first-order chi connectivity index (χ1) is 6.29. The van der Waals surface area contributed by atoms with Crippen molar-refractivity contribution in [1.82, 2.24) is 4.98 Å². The van der Waals surface area contributed by atoms with Crippen LogP contribution in [-0.2, 0) is 6.54 Å². The first-order valence-corrected chi connectivity index (χ1v) is 6.12. The van der Waals surface area contributed by atoms with E-state index in [0.717, 1.165) is 8.79 Å². The van der Waals surface area contributed by atoms with Crippen molar-refractivity contribution in [2.75, 3.05) is 0 Å². The van der Waals surface area contributed by atoms with Gasteiger partial charge in [0.2, 0.25) is 0 Å². The predicted molar refractivity (Wildman–Crippen MR) is 61.0 cm³/mol. The molecule has 2 N–H and O–H groups in total. The normalized spacial score (nSPS) is 10.6. The Hall–Kier alpha value is -0.230. The zero-order valence-corrected chi connectivity index (χ0v) is 9.88. The molecule has 2 aromatic rings. The highest BCUT2D eigenvalue weighted by atomic mass is 79.9. The predicted octanol–water partition coefficient (Wildman–Crippen LogP) is 3.09. The Morgan fingerprint density at radius 1 is 1.31 bits per heavy atom. The lowest BCUT2D eigenvalue weighted by atomic mass is 10.4. The van der Waals surface area contributed by atoms with Crippen molar-refractivity contribution in [1.29, 1.82) is 0 Å². The van der Waals surface area contributed by atoms with Gasteiger partial charge in [-0.15, -0.1) is 22.7 Å². The summed E-state index contributed by atoms with van der Waals surface area (Å²) in [5.74, 6) is 0. The molecule has 0 aromatic carbocycles. The summed E-state index contributed by atoms with van der Waals surface area (Å²) >= 11 is 6.80. The van der Waals surface area contributed by atoms with Crippen LogP contribution in [0.15, 0.2) is 22.1 Å². The summed E-state index contributed by atoms with van der Waals surface area (Å²) in [6, 6.07) is 4.13. The molecule has 0 radical (unpaired) electrons. The molecule has 0 aliphatic carbocycles. The van der Waals surface area contributed by atoms with E-state index < -0.39 is 0 Å². The Morgan fingerprint density at radius 2 is 2.15 bits per heavy atom. The van der Waals surface area contributed by atoms with Gasteiger partial charge in [-0.05, 0) is 28.1 Å². The van der Waals surface area contributed by atoms with Gasteiger partial charge >= 0.3 is 0 Å². The molecule has 2 aromatic heterocycles. The molecule has 5 heteroatoms. The summed E-state index contributed by atoms with van der Waals surface area (Å²) < 4.78 is 1.14. The zero-order valence-electron chi connectivity index (χ0n) is 6.66. The highest BCUT2D eigenvalue weighted by Gasteiger charge is 2.05. The van der Waals surface area contributed by atoms with E-state index in [1.54, 1.807) is 22.7 Å². The second kappa shape index (κ2) is 3.88. The van der Waals surface area contributed by atoms with Gasteiger partial charge < -0.3 is 5.73 Å². The summed E-state index contributed by atoms with van der Waals surface area (Å²) in [7, 11) is 0. The maximum Gasteiger partial charge on any atom is 0.107 e. The van der Waals surface area contributed by atoms with Gasteiger partial charge in [-0.1, -0.05) is 0 Å². The fourth-order valence-electron chi connectivity index (χ4n) is 0.965. The Kier molecular flexibility index (Phi) is 2.78. The molecule has 0 saturated carbocycles. The lowest BCUT2D eigenvalue weighted by Gasteiger charge is -1.86. The van der Waals surface area contributed by atoms with Gasteiger partial charge in [0.1, 0.15) is 5.01 Å². The van der Waals surface area contributed by atoms with Crippen molar-refractivity contribution >= 4 is 38.6 Å². The minimum atomic E-state index is 0.525. The molecule has 2 nitrogen and oxygen atoms in total. The minimum absolute atomic E-state index is 0.525. The summed E-state index contributed by atoms with van der Waals surface area (Å²) in [6.45, 7) is 0.525. The van der Waals surface area contributed by atoms with Gasteiger partial charge in [0, 0.05) is 17.6 Å². The van der Waals surface area contributed by atoms with Crippen molar-refractivity contribution in [3.8, 4) is 9.75 Å². The summed E-state index contributed by atoms with van der Waals surface area (Å²) in [4.78, 5) is 6.64. The molecule has 2 rings (SSSR count). The molecule has 0 saturated heterocycles. The Bertz CT molecular complexity index is 408. The molecule has 68 valence electrons. The first-order valence-electron chi connectivity index (χ1n) is 3.70. The maximum atomic E-state index is 5.49. The Labute approximate surface area is 92.6 Å². The van der Waals surface area contributed by atoms with E-state index in [2.05, 4.69) is 27.0 Å². The van der Waals surface area contributed by atoms with Gasteiger partial charge in [0.15, 0.2) is 0 Å². The molecule has 13 heavy (non-hydrogen) atoms. The third-order valence-corrected chi connectivity index (χ3v) is 4.38. The summed E-state index contributed by atoms with van der Waals surface area (Å²) in [5.41, 5.74) is 5.49. The van der Waals surface area contributed by atoms with Crippen LogP contribution in [0, 0.1) is 0 Å². The van der Waals surface area contributed by atoms with Gasteiger partial charge in [-0.25, -0.2) is 4.98 Å². The topological polar surface area (TPSA) is 38.9 Å². The average molecular weight is 275 g/mol. The highest BCUT2D eigenvalue weighted by molar-refractivity contribution is 9.11. The van der Waals surface area contributed by atoms with E-state index in [1.165, 1.54) is 9.75 Å². The standard InChI is InChI=1S/C8H7BrN2S2/c9-7-2-1-5(12-7)6-4-11-8(3-10)13-6/h1-2,4H,3,10H2. The molecule has 0 unspecified atom stereocenters. The van der Waals surface area contributed by atoms with Crippen molar-refractivity contribution in [3.05, 3.63) is 27.1 Å². The third-order valence-electron chi connectivity index (χ3n) is 1.54. The number of hydrogen-bond donors (Lipinski definition) is 1. The molecule has 0 fully saturated rings.